The van der Waals surface area contributed by atoms with Crippen molar-refractivity contribution in [2.75, 3.05) is 13.1 Å². The van der Waals surface area contributed by atoms with E-state index in [1.54, 1.807) is 4.90 Å². The zero-order valence-corrected chi connectivity index (χ0v) is 8.97. The first kappa shape index (κ1) is 10.9. The molecule has 1 aromatic heterocycles. The second kappa shape index (κ2) is 4.49. The molecular formula is C11H15N3O2. The maximum atomic E-state index is 12.1. The van der Waals surface area contributed by atoms with E-state index < -0.39 is 0 Å². The Balaban J connectivity index is 2.19. The molecule has 0 radical (unpaired) electrons. The summed E-state index contributed by atoms with van der Waals surface area (Å²) in [5, 5.41) is 9.56. The molecule has 0 aliphatic heterocycles. The standard InChI is InChI=1S/C11H15N3O2/c12-4-6-14(8-1-2-8)11(16)9-3-5-13-7-10(9)15/h3,5,7-8,15H,1-2,4,6,12H2. The van der Waals surface area contributed by atoms with Gasteiger partial charge in [-0.15, -0.1) is 0 Å². The normalized spacial score (nSPS) is 14.8. The molecule has 0 bridgehead atoms. The van der Waals surface area contributed by atoms with Gasteiger partial charge in [0.2, 0.25) is 0 Å². The van der Waals surface area contributed by atoms with Gasteiger partial charge in [-0.2, -0.15) is 0 Å². The van der Waals surface area contributed by atoms with Gasteiger partial charge in [0.1, 0.15) is 5.75 Å². The smallest absolute Gasteiger partial charge is 0.258 e. The van der Waals surface area contributed by atoms with Crippen molar-refractivity contribution in [2.24, 2.45) is 5.73 Å². The van der Waals surface area contributed by atoms with Gasteiger partial charge >= 0.3 is 0 Å². The first-order chi connectivity index (χ1) is 7.74. The van der Waals surface area contributed by atoms with Crippen molar-refractivity contribution in [1.29, 1.82) is 0 Å². The molecule has 3 N–H and O–H groups in total. The van der Waals surface area contributed by atoms with Gasteiger partial charge in [-0.3, -0.25) is 9.78 Å². The Morgan fingerprint density at radius 1 is 1.62 bits per heavy atom. The van der Waals surface area contributed by atoms with Crippen molar-refractivity contribution < 1.29 is 9.90 Å². The number of hydrogen-bond acceptors (Lipinski definition) is 4. The molecule has 0 unspecified atom stereocenters. The summed E-state index contributed by atoms with van der Waals surface area (Å²) in [7, 11) is 0. The summed E-state index contributed by atoms with van der Waals surface area (Å²) in [6.07, 6.45) is 4.83. The highest BCUT2D eigenvalue weighted by Crippen LogP contribution is 2.29. The van der Waals surface area contributed by atoms with Crippen LogP contribution in [0.3, 0.4) is 0 Å². The van der Waals surface area contributed by atoms with Crippen LogP contribution in [0.25, 0.3) is 0 Å². The number of carbonyl (C=O) groups is 1. The van der Waals surface area contributed by atoms with E-state index in [9.17, 15) is 9.90 Å². The number of nitrogens with two attached hydrogens (primary N) is 1. The molecule has 1 aliphatic carbocycles. The summed E-state index contributed by atoms with van der Waals surface area (Å²) >= 11 is 0. The molecule has 1 heterocycles. The van der Waals surface area contributed by atoms with E-state index in [1.807, 2.05) is 0 Å². The van der Waals surface area contributed by atoms with Gasteiger partial charge in [0.15, 0.2) is 0 Å². The lowest BCUT2D eigenvalue weighted by Gasteiger charge is -2.21. The molecule has 5 nitrogen and oxygen atoms in total. The zero-order valence-electron chi connectivity index (χ0n) is 8.97. The van der Waals surface area contributed by atoms with Gasteiger partial charge in [0.25, 0.3) is 5.91 Å². The molecule has 1 aromatic rings. The maximum Gasteiger partial charge on any atom is 0.258 e. The van der Waals surface area contributed by atoms with Crippen LogP contribution in [-0.2, 0) is 0 Å². The second-order valence-corrected chi connectivity index (χ2v) is 3.91. The molecule has 0 atom stereocenters. The Morgan fingerprint density at radius 2 is 2.38 bits per heavy atom. The van der Waals surface area contributed by atoms with Crippen LogP contribution in [0.1, 0.15) is 23.2 Å². The molecule has 1 fully saturated rings. The van der Waals surface area contributed by atoms with Crippen LogP contribution in [0.2, 0.25) is 0 Å². The third kappa shape index (κ3) is 2.14. The predicted octanol–water partition coefficient (Wildman–Crippen LogP) is 0.350. The van der Waals surface area contributed by atoms with Crippen LogP contribution in [-0.4, -0.2) is 40.0 Å². The van der Waals surface area contributed by atoms with Gasteiger partial charge in [0, 0.05) is 25.3 Å². The Labute approximate surface area is 93.9 Å². The van der Waals surface area contributed by atoms with Crippen LogP contribution in [0, 0.1) is 0 Å². The van der Waals surface area contributed by atoms with Crippen molar-refractivity contribution >= 4 is 5.91 Å². The Hall–Kier alpha value is -1.62. The van der Waals surface area contributed by atoms with Gasteiger partial charge < -0.3 is 15.7 Å². The highest BCUT2D eigenvalue weighted by Gasteiger charge is 2.33. The van der Waals surface area contributed by atoms with Gasteiger partial charge in [-0.1, -0.05) is 0 Å². The number of pyridine rings is 1. The summed E-state index contributed by atoms with van der Waals surface area (Å²) < 4.78 is 0. The SMILES string of the molecule is NCCN(C(=O)c1ccncc1O)C1CC1. The molecule has 0 saturated heterocycles. The molecule has 0 aromatic carbocycles. The molecule has 16 heavy (non-hydrogen) atoms. The van der Waals surface area contributed by atoms with Gasteiger partial charge in [0.05, 0.1) is 11.8 Å². The fraction of sp³-hybridized carbons (Fsp3) is 0.455. The first-order valence-corrected chi connectivity index (χ1v) is 5.38. The maximum absolute atomic E-state index is 12.1. The minimum Gasteiger partial charge on any atom is -0.505 e. The average Bonchev–Trinajstić information content (AvgIpc) is 3.09. The third-order valence-electron chi connectivity index (χ3n) is 2.65. The molecule has 5 heteroatoms. The van der Waals surface area contributed by atoms with E-state index in [-0.39, 0.29) is 11.7 Å². The second-order valence-electron chi connectivity index (χ2n) is 3.91. The lowest BCUT2D eigenvalue weighted by molar-refractivity contribution is 0.0745. The number of nitrogens with zero attached hydrogens (tertiary/aromatic N) is 2. The molecule has 86 valence electrons. The van der Waals surface area contributed by atoms with Crippen molar-refractivity contribution in [1.82, 2.24) is 9.88 Å². The van der Waals surface area contributed by atoms with E-state index in [0.29, 0.717) is 24.7 Å². The fourth-order valence-corrected chi connectivity index (χ4v) is 1.70. The quantitative estimate of drug-likeness (QED) is 0.769. The zero-order chi connectivity index (χ0) is 11.5. The Morgan fingerprint density at radius 3 is 2.94 bits per heavy atom. The number of carbonyl (C=O) groups excluding carboxylic acids is 1. The van der Waals surface area contributed by atoms with E-state index in [2.05, 4.69) is 4.98 Å². The predicted molar refractivity (Wildman–Crippen MR) is 59.0 cm³/mol. The third-order valence-corrected chi connectivity index (χ3v) is 2.65. The Bertz CT molecular complexity index is 391. The monoisotopic (exact) mass is 221 g/mol. The minimum atomic E-state index is -0.159. The summed E-state index contributed by atoms with van der Waals surface area (Å²) in [6, 6.07) is 1.83. The molecular weight excluding hydrogens is 206 g/mol. The lowest BCUT2D eigenvalue weighted by Crippen LogP contribution is -2.37. The van der Waals surface area contributed by atoms with Crippen LogP contribution in [0.4, 0.5) is 0 Å². The van der Waals surface area contributed by atoms with E-state index >= 15 is 0 Å². The summed E-state index contributed by atoms with van der Waals surface area (Å²) in [4.78, 5) is 17.6. The number of hydrogen-bond donors (Lipinski definition) is 2. The van der Waals surface area contributed by atoms with Gasteiger partial charge in [-0.25, -0.2) is 0 Å². The molecule has 2 rings (SSSR count). The van der Waals surface area contributed by atoms with Crippen molar-refractivity contribution in [2.45, 2.75) is 18.9 Å². The fourth-order valence-electron chi connectivity index (χ4n) is 1.70. The average molecular weight is 221 g/mol. The molecule has 1 saturated carbocycles. The molecule has 1 aliphatic rings. The van der Waals surface area contributed by atoms with Crippen LogP contribution in [0.5, 0.6) is 5.75 Å². The van der Waals surface area contributed by atoms with E-state index in [4.69, 9.17) is 5.73 Å². The summed E-state index contributed by atoms with van der Waals surface area (Å²) in [5.74, 6) is -0.233. The number of rotatable bonds is 4. The van der Waals surface area contributed by atoms with E-state index in [1.165, 1.54) is 18.5 Å². The van der Waals surface area contributed by atoms with Crippen LogP contribution in [0.15, 0.2) is 18.5 Å². The molecule has 0 spiro atoms. The van der Waals surface area contributed by atoms with Crippen LogP contribution >= 0.6 is 0 Å². The number of aromatic nitrogens is 1. The lowest BCUT2D eigenvalue weighted by atomic mass is 10.2. The summed E-state index contributed by atoms with van der Waals surface area (Å²) in [5.41, 5.74) is 5.78. The van der Waals surface area contributed by atoms with Gasteiger partial charge in [-0.05, 0) is 18.9 Å². The van der Waals surface area contributed by atoms with E-state index in [0.717, 1.165) is 12.8 Å². The largest absolute Gasteiger partial charge is 0.505 e. The highest BCUT2D eigenvalue weighted by atomic mass is 16.3. The minimum absolute atomic E-state index is 0.0739. The van der Waals surface area contributed by atoms with Crippen molar-refractivity contribution in [3.8, 4) is 5.75 Å². The molecule has 1 amide bonds. The van der Waals surface area contributed by atoms with Crippen LogP contribution < -0.4 is 5.73 Å². The Kier molecular flexibility index (Phi) is 3.05. The highest BCUT2D eigenvalue weighted by molar-refractivity contribution is 5.97. The number of amides is 1. The van der Waals surface area contributed by atoms with Crippen molar-refractivity contribution in [3.63, 3.8) is 0 Å². The van der Waals surface area contributed by atoms with Crippen molar-refractivity contribution in [3.05, 3.63) is 24.0 Å². The number of aromatic hydroxyl groups is 1. The summed E-state index contributed by atoms with van der Waals surface area (Å²) in [6.45, 7) is 0.972. The topological polar surface area (TPSA) is 79.5 Å². The first-order valence-electron chi connectivity index (χ1n) is 5.38.